The number of hydrogen-bond acceptors (Lipinski definition) is 3. The summed E-state index contributed by atoms with van der Waals surface area (Å²) >= 11 is 0. The Morgan fingerprint density at radius 3 is 3.19 bits per heavy atom. The van der Waals surface area contributed by atoms with Gasteiger partial charge in [-0.2, -0.15) is 0 Å². The third-order valence-electron chi connectivity index (χ3n) is 2.58. The number of carbonyl (C=O) groups excluding carboxylic acids is 1. The molecule has 3 nitrogen and oxygen atoms in total. The molecule has 0 bridgehead atoms. The van der Waals surface area contributed by atoms with E-state index in [9.17, 15) is 9.82 Å². The third kappa shape index (κ3) is 2.23. The van der Waals surface area contributed by atoms with Crippen LogP contribution in [0.3, 0.4) is 0 Å². The largest absolute Gasteiger partial charge is 0.492 e. The second kappa shape index (κ2) is 4.64. The summed E-state index contributed by atoms with van der Waals surface area (Å²) in [6, 6.07) is 5.77. The van der Waals surface area contributed by atoms with Crippen LogP contribution in [0.4, 0.5) is 0 Å². The molecule has 1 aliphatic rings. The van der Waals surface area contributed by atoms with Crippen molar-refractivity contribution < 1.29 is 14.5 Å². The third-order valence-corrected chi connectivity index (χ3v) is 2.58. The highest BCUT2D eigenvalue weighted by Gasteiger charge is 2.28. The van der Waals surface area contributed by atoms with E-state index in [0.717, 1.165) is 16.6 Å². The Kier molecular flexibility index (Phi) is 3.22. The standard InChI is InChI=1S/C12H13BO3/c1-9(14)4-2-5-10-6-3-7-11-8-16-13(15)12(10)11/h2-3,5-7,15H,4,8H2,1H3/b5-2+. The minimum atomic E-state index is -0.840. The number of allylic oxidation sites excluding steroid dienone is 1. The van der Waals surface area contributed by atoms with Crippen LogP contribution in [-0.2, 0) is 16.1 Å². The summed E-state index contributed by atoms with van der Waals surface area (Å²) in [5.74, 6) is 0.126. The summed E-state index contributed by atoms with van der Waals surface area (Å²) in [5, 5.41) is 9.65. The first kappa shape index (κ1) is 11.1. The molecular weight excluding hydrogens is 203 g/mol. The molecule has 0 unspecified atom stereocenters. The molecule has 4 heteroatoms. The first-order valence-electron chi connectivity index (χ1n) is 5.26. The average molecular weight is 216 g/mol. The molecule has 0 atom stereocenters. The lowest BCUT2D eigenvalue weighted by molar-refractivity contribution is -0.116. The fourth-order valence-electron chi connectivity index (χ4n) is 1.81. The van der Waals surface area contributed by atoms with Crippen LogP contribution < -0.4 is 5.46 Å². The van der Waals surface area contributed by atoms with Crippen molar-refractivity contribution in [2.75, 3.05) is 0 Å². The number of hydrogen-bond donors (Lipinski definition) is 1. The van der Waals surface area contributed by atoms with Crippen molar-refractivity contribution in [1.29, 1.82) is 0 Å². The molecule has 1 heterocycles. The van der Waals surface area contributed by atoms with Crippen LogP contribution >= 0.6 is 0 Å². The Hall–Kier alpha value is -1.39. The van der Waals surface area contributed by atoms with E-state index in [0.29, 0.717) is 13.0 Å². The van der Waals surface area contributed by atoms with Crippen LogP contribution in [0.25, 0.3) is 6.08 Å². The van der Waals surface area contributed by atoms with Gasteiger partial charge in [-0.05, 0) is 23.5 Å². The van der Waals surface area contributed by atoms with Crippen LogP contribution in [0, 0.1) is 0 Å². The van der Waals surface area contributed by atoms with E-state index in [1.165, 1.54) is 0 Å². The van der Waals surface area contributed by atoms with Gasteiger partial charge in [-0.3, -0.25) is 4.79 Å². The van der Waals surface area contributed by atoms with Crippen LogP contribution in [0.1, 0.15) is 24.5 Å². The van der Waals surface area contributed by atoms with Crippen molar-refractivity contribution in [1.82, 2.24) is 0 Å². The van der Waals surface area contributed by atoms with Gasteiger partial charge in [0, 0.05) is 6.42 Å². The van der Waals surface area contributed by atoms with Crippen LogP contribution in [-0.4, -0.2) is 17.9 Å². The van der Waals surface area contributed by atoms with E-state index in [4.69, 9.17) is 4.65 Å². The minimum absolute atomic E-state index is 0.126. The molecular formula is C12H13BO3. The zero-order chi connectivity index (χ0) is 11.5. The predicted molar refractivity (Wildman–Crippen MR) is 63.2 cm³/mol. The summed E-state index contributed by atoms with van der Waals surface area (Å²) in [5.41, 5.74) is 2.75. The lowest BCUT2D eigenvalue weighted by atomic mass is 9.76. The summed E-state index contributed by atoms with van der Waals surface area (Å²) in [7, 11) is -0.840. The van der Waals surface area contributed by atoms with E-state index in [-0.39, 0.29) is 5.78 Å². The van der Waals surface area contributed by atoms with Gasteiger partial charge in [-0.25, -0.2) is 0 Å². The highest BCUT2D eigenvalue weighted by atomic mass is 16.5. The van der Waals surface area contributed by atoms with Crippen LogP contribution in [0.2, 0.25) is 0 Å². The van der Waals surface area contributed by atoms with Crippen molar-refractivity contribution in [3.8, 4) is 0 Å². The maximum Gasteiger partial charge on any atom is 0.492 e. The zero-order valence-electron chi connectivity index (χ0n) is 9.14. The Bertz CT molecular complexity index is 440. The lowest BCUT2D eigenvalue weighted by Gasteiger charge is -2.03. The number of carbonyl (C=O) groups is 1. The highest BCUT2D eigenvalue weighted by molar-refractivity contribution is 6.62. The van der Waals surface area contributed by atoms with E-state index in [1.54, 1.807) is 6.92 Å². The lowest BCUT2D eigenvalue weighted by Crippen LogP contribution is -2.30. The molecule has 16 heavy (non-hydrogen) atoms. The minimum Gasteiger partial charge on any atom is -0.423 e. The molecule has 0 spiro atoms. The quantitative estimate of drug-likeness (QED) is 0.763. The molecule has 82 valence electrons. The molecule has 0 amide bonds. The number of rotatable bonds is 3. The summed E-state index contributed by atoms with van der Waals surface area (Å²) in [6.07, 6.45) is 4.09. The number of benzene rings is 1. The summed E-state index contributed by atoms with van der Waals surface area (Å²) < 4.78 is 5.15. The molecule has 1 aromatic rings. The van der Waals surface area contributed by atoms with Gasteiger partial charge in [0.15, 0.2) is 0 Å². The molecule has 1 N–H and O–H groups in total. The van der Waals surface area contributed by atoms with Crippen LogP contribution in [0.15, 0.2) is 24.3 Å². The van der Waals surface area contributed by atoms with Crippen molar-refractivity contribution >= 4 is 24.4 Å². The Balaban J connectivity index is 2.25. The van der Waals surface area contributed by atoms with Gasteiger partial charge in [-0.15, -0.1) is 0 Å². The fourth-order valence-corrected chi connectivity index (χ4v) is 1.81. The van der Waals surface area contributed by atoms with Gasteiger partial charge < -0.3 is 9.68 Å². The summed E-state index contributed by atoms with van der Waals surface area (Å²) in [4.78, 5) is 10.8. The highest BCUT2D eigenvalue weighted by Crippen LogP contribution is 2.13. The van der Waals surface area contributed by atoms with E-state index < -0.39 is 7.12 Å². The van der Waals surface area contributed by atoms with E-state index in [1.807, 2.05) is 30.4 Å². The van der Waals surface area contributed by atoms with Gasteiger partial charge >= 0.3 is 7.12 Å². The van der Waals surface area contributed by atoms with E-state index >= 15 is 0 Å². The average Bonchev–Trinajstić information content (AvgIpc) is 2.61. The topological polar surface area (TPSA) is 46.5 Å². The number of fused-ring (bicyclic) bond motifs is 1. The SMILES string of the molecule is CC(=O)C/C=C/c1cccc2c1B(O)OC2. The number of ketones is 1. The van der Waals surface area contributed by atoms with Gasteiger partial charge in [-0.1, -0.05) is 30.4 Å². The normalized spacial score (nSPS) is 14.5. The molecule has 0 fully saturated rings. The molecule has 0 aromatic heterocycles. The molecule has 0 radical (unpaired) electrons. The Morgan fingerprint density at radius 1 is 1.62 bits per heavy atom. The van der Waals surface area contributed by atoms with Crippen molar-refractivity contribution in [3.05, 3.63) is 35.4 Å². The first-order valence-corrected chi connectivity index (χ1v) is 5.26. The fraction of sp³-hybridized carbons (Fsp3) is 0.250. The predicted octanol–water partition coefficient (Wildman–Crippen LogP) is 0.897. The van der Waals surface area contributed by atoms with Crippen LogP contribution in [0.5, 0.6) is 0 Å². The first-order chi connectivity index (χ1) is 7.68. The second-order valence-corrected chi connectivity index (χ2v) is 3.89. The van der Waals surface area contributed by atoms with Crippen molar-refractivity contribution in [2.24, 2.45) is 0 Å². The Morgan fingerprint density at radius 2 is 2.44 bits per heavy atom. The molecule has 0 saturated carbocycles. The number of Topliss-reactive ketones (excluding diaryl/α,β-unsaturated/α-hetero) is 1. The van der Waals surface area contributed by atoms with Gasteiger partial charge in [0.05, 0.1) is 6.61 Å². The zero-order valence-corrected chi connectivity index (χ0v) is 9.14. The van der Waals surface area contributed by atoms with E-state index in [2.05, 4.69) is 0 Å². The van der Waals surface area contributed by atoms with Gasteiger partial charge in [0.2, 0.25) is 0 Å². The smallest absolute Gasteiger partial charge is 0.423 e. The molecule has 0 saturated heterocycles. The molecule has 1 aromatic carbocycles. The maximum atomic E-state index is 10.8. The van der Waals surface area contributed by atoms with Gasteiger partial charge in [0.1, 0.15) is 5.78 Å². The molecule has 0 aliphatic carbocycles. The summed E-state index contributed by atoms with van der Waals surface area (Å²) in [6.45, 7) is 2.00. The monoisotopic (exact) mass is 216 g/mol. The molecule has 2 rings (SSSR count). The van der Waals surface area contributed by atoms with Gasteiger partial charge in [0.25, 0.3) is 0 Å². The Labute approximate surface area is 94.9 Å². The molecule has 1 aliphatic heterocycles. The van der Waals surface area contributed by atoms with Crippen molar-refractivity contribution in [2.45, 2.75) is 20.0 Å². The second-order valence-electron chi connectivity index (χ2n) is 3.89. The maximum absolute atomic E-state index is 10.8. The van der Waals surface area contributed by atoms with Crippen molar-refractivity contribution in [3.63, 3.8) is 0 Å².